The van der Waals surface area contributed by atoms with E-state index in [2.05, 4.69) is 21.3 Å². The molecule has 4 aromatic rings. The van der Waals surface area contributed by atoms with Gasteiger partial charge in [-0.3, -0.25) is 59.6 Å². The molecule has 12 atom stereocenters. The van der Waals surface area contributed by atoms with Gasteiger partial charge in [0.25, 0.3) is 0 Å². The molecule has 4 saturated carbocycles. The van der Waals surface area contributed by atoms with Gasteiger partial charge >= 0.3 is 47.8 Å². The maximum atomic E-state index is 12.6. The average Bonchev–Trinajstić information content (AvgIpc) is 1.58. The summed E-state index contributed by atoms with van der Waals surface area (Å²) in [6.07, 6.45) is 6.50. The van der Waals surface area contributed by atoms with Crippen LogP contribution in [-0.2, 0) is 76.3 Å². The van der Waals surface area contributed by atoms with Crippen LogP contribution in [0.1, 0.15) is 125 Å². The van der Waals surface area contributed by atoms with Crippen LogP contribution in [0.3, 0.4) is 0 Å². The number of rotatable bonds is 16. The van der Waals surface area contributed by atoms with E-state index in [-0.39, 0.29) is 71.9 Å². The molecule has 4 spiro atoms. The molecular formula is C68H80Cl4N4O16. The van der Waals surface area contributed by atoms with E-state index in [0.717, 1.165) is 73.6 Å². The van der Waals surface area contributed by atoms with E-state index in [1.165, 1.54) is 28.4 Å². The van der Waals surface area contributed by atoms with Crippen molar-refractivity contribution in [3.8, 4) is 0 Å². The first-order chi connectivity index (χ1) is 44.1. The zero-order valence-electron chi connectivity index (χ0n) is 52.7. The Morgan fingerprint density at radius 1 is 0.315 bits per heavy atom. The standard InChI is InChI=1S/4C17H20ClNO4/c4*1-3-23-15(20)12-13(10-4-6-11(18)7-5-10)19-14(16(21)22-2)17(12)8-9-17/h4*4-7,12-14,19H,3,8-9H2,1-2H3/t4*12-,13-,14+/m1111/s1. The molecule has 0 bridgehead atoms. The number of nitrogens with one attached hydrogen (secondary N) is 4. The van der Waals surface area contributed by atoms with Gasteiger partial charge in [0, 0.05) is 65.9 Å². The number of ether oxygens (including phenoxy) is 8. The summed E-state index contributed by atoms with van der Waals surface area (Å²) >= 11 is 23.8. The topological polar surface area (TPSA) is 259 Å². The van der Waals surface area contributed by atoms with E-state index in [1.54, 1.807) is 76.2 Å². The van der Waals surface area contributed by atoms with Crippen molar-refractivity contribution in [2.45, 2.75) is 127 Å². The second-order valence-electron chi connectivity index (χ2n) is 24.5. The van der Waals surface area contributed by atoms with Gasteiger partial charge < -0.3 is 37.9 Å². The van der Waals surface area contributed by atoms with Crippen LogP contribution in [0.15, 0.2) is 97.1 Å². The van der Waals surface area contributed by atoms with E-state index in [1.807, 2.05) is 48.5 Å². The molecule has 4 N–H and O–H groups in total. The van der Waals surface area contributed by atoms with Gasteiger partial charge in [-0.1, -0.05) is 94.9 Å². The van der Waals surface area contributed by atoms with Crippen molar-refractivity contribution in [1.82, 2.24) is 21.3 Å². The fraction of sp³-hybridized carbons (Fsp3) is 0.529. The molecule has 20 nitrogen and oxygen atoms in total. The lowest BCUT2D eigenvalue weighted by Crippen LogP contribution is -2.39. The Balaban J connectivity index is 0.000000145. The van der Waals surface area contributed by atoms with Gasteiger partial charge in [-0.15, -0.1) is 0 Å². The normalized spacial score (nSPS) is 27.7. The monoisotopic (exact) mass is 1350 g/mol. The van der Waals surface area contributed by atoms with Crippen LogP contribution >= 0.6 is 46.4 Å². The lowest BCUT2D eigenvalue weighted by Gasteiger charge is -2.23. The number of benzene rings is 4. The number of hydrogen-bond donors (Lipinski definition) is 4. The van der Waals surface area contributed by atoms with E-state index in [4.69, 9.17) is 84.3 Å². The van der Waals surface area contributed by atoms with E-state index < -0.39 is 69.5 Å². The predicted octanol–water partition coefficient (Wildman–Crippen LogP) is 9.94. The molecule has 4 aliphatic heterocycles. The second kappa shape index (κ2) is 29.5. The zero-order chi connectivity index (χ0) is 66.5. The Morgan fingerprint density at radius 3 is 0.609 bits per heavy atom. The molecule has 0 amide bonds. The zero-order valence-corrected chi connectivity index (χ0v) is 55.7. The molecule has 4 aliphatic carbocycles. The minimum absolute atomic E-state index is 0.260. The third kappa shape index (κ3) is 14.0. The molecule has 4 saturated heterocycles. The van der Waals surface area contributed by atoms with Crippen LogP contribution in [0, 0.1) is 45.3 Å². The highest BCUT2D eigenvalue weighted by Crippen LogP contribution is 2.66. The van der Waals surface area contributed by atoms with Gasteiger partial charge in [-0.05, 0) is 150 Å². The lowest BCUT2D eigenvalue weighted by atomic mass is 9.81. The highest BCUT2D eigenvalue weighted by atomic mass is 35.5. The molecule has 24 heteroatoms. The van der Waals surface area contributed by atoms with Crippen molar-refractivity contribution in [3.05, 3.63) is 139 Å². The van der Waals surface area contributed by atoms with E-state index >= 15 is 0 Å². The largest absolute Gasteiger partial charge is 0.468 e. The van der Waals surface area contributed by atoms with Gasteiger partial charge in [-0.25, -0.2) is 0 Å². The molecular weight excluding hydrogens is 1270 g/mol. The minimum atomic E-state index is -0.484. The molecule has 0 unspecified atom stereocenters. The first-order valence-corrected chi connectivity index (χ1v) is 32.7. The van der Waals surface area contributed by atoms with Gasteiger partial charge in [-0.2, -0.15) is 0 Å². The van der Waals surface area contributed by atoms with Crippen molar-refractivity contribution in [2.24, 2.45) is 45.3 Å². The van der Waals surface area contributed by atoms with E-state index in [9.17, 15) is 38.4 Å². The van der Waals surface area contributed by atoms with Crippen molar-refractivity contribution < 1.29 is 76.3 Å². The van der Waals surface area contributed by atoms with Crippen LogP contribution in [-0.4, -0.2) is 127 Å². The maximum absolute atomic E-state index is 12.6. The fourth-order valence-corrected chi connectivity index (χ4v) is 15.2. The summed E-state index contributed by atoms with van der Waals surface area (Å²) in [5.41, 5.74) is 2.09. The Hall–Kier alpha value is -6.36. The Kier molecular flexibility index (Phi) is 22.4. The van der Waals surface area contributed by atoms with Crippen molar-refractivity contribution in [1.29, 1.82) is 0 Å². The van der Waals surface area contributed by atoms with Crippen molar-refractivity contribution in [2.75, 3.05) is 54.9 Å². The molecule has 0 radical (unpaired) electrons. The lowest BCUT2D eigenvalue weighted by molar-refractivity contribution is -0.153. The van der Waals surface area contributed by atoms with Gasteiger partial charge in [0.15, 0.2) is 0 Å². The van der Waals surface area contributed by atoms with Gasteiger partial charge in [0.1, 0.15) is 24.2 Å². The third-order valence-electron chi connectivity index (χ3n) is 19.6. The summed E-state index contributed by atoms with van der Waals surface area (Å²) in [5.74, 6) is -3.93. The number of esters is 8. The summed E-state index contributed by atoms with van der Waals surface area (Å²) in [5, 5.41) is 15.7. The van der Waals surface area contributed by atoms with Gasteiger partial charge in [0.2, 0.25) is 0 Å². The Labute approximate surface area is 555 Å². The Bertz CT molecular complexity index is 2880. The maximum Gasteiger partial charge on any atom is 0.323 e. The summed E-state index contributed by atoms with van der Waals surface area (Å²) in [4.78, 5) is 98.9. The highest BCUT2D eigenvalue weighted by molar-refractivity contribution is 6.31. The Morgan fingerprint density at radius 2 is 0.478 bits per heavy atom. The first kappa shape index (κ1) is 70.0. The quantitative estimate of drug-likeness (QED) is 0.0601. The molecule has 496 valence electrons. The van der Waals surface area contributed by atoms with Crippen LogP contribution in [0.4, 0.5) is 0 Å². The molecule has 4 heterocycles. The first-order valence-electron chi connectivity index (χ1n) is 31.2. The number of hydrogen-bond acceptors (Lipinski definition) is 20. The van der Waals surface area contributed by atoms with Crippen LogP contribution in [0.5, 0.6) is 0 Å². The minimum Gasteiger partial charge on any atom is -0.468 e. The number of halogens is 4. The molecule has 4 aromatic carbocycles. The number of carbonyl (C=O) groups is 8. The van der Waals surface area contributed by atoms with Crippen molar-refractivity contribution in [3.63, 3.8) is 0 Å². The average molecular weight is 1350 g/mol. The molecule has 92 heavy (non-hydrogen) atoms. The summed E-state index contributed by atoms with van der Waals surface area (Å²) in [7, 11) is 5.48. The third-order valence-corrected chi connectivity index (χ3v) is 20.6. The molecule has 12 rings (SSSR count). The van der Waals surface area contributed by atoms with Crippen LogP contribution in [0.25, 0.3) is 0 Å². The predicted molar refractivity (Wildman–Crippen MR) is 340 cm³/mol. The molecule has 8 fully saturated rings. The van der Waals surface area contributed by atoms with Crippen molar-refractivity contribution >= 4 is 94.2 Å². The molecule has 8 aliphatic rings. The highest BCUT2D eigenvalue weighted by Gasteiger charge is 2.71. The number of carbonyl (C=O) groups excluding carboxylic acids is 8. The summed E-state index contributed by atoms with van der Waals surface area (Å²) < 4.78 is 40.8. The van der Waals surface area contributed by atoms with Crippen LogP contribution in [0.2, 0.25) is 20.1 Å². The summed E-state index contributed by atoms with van der Waals surface area (Å²) in [6, 6.07) is 26.2. The molecule has 0 aromatic heterocycles. The number of methoxy groups -OCH3 is 4. The van der Waals surface area contributed by atoms with Gasteiger partial charge in [0.05, 0.1) is 78.5 Å². The fourth-order valence-electron chi connectivity index (χ4n) is 14.7. The van der Waals surface area contributed by atoms with E-state index in [0.29, 0.717) is 46.5 Å². The smallest absolute Gasteiger partial charge is 0.323 e. The second-order valence-corrected chi connectivity index (χ2v) is 26.2. The van der Waals surface area contributed by atoms with Crippen LogP contribution < -0.4 is 21.3 Å². The summed E-state index contributed by atoms with van der Waals surface area (Å²) in [6.45, 7) is 8.43. The SMILES string of the molecule is CCOC(=O)[C@H]1[C@@H](c2ccc(Cl)cc2)N[C@@H](C(=O)OC)C12CC2.CCOC(=O)[C@H]1[C@@H](c2ccc(Cl)cc2)N[C@@H](C(=O)OC)C12CC2.CCOC(=O)[C@H]1[C@@H](c2ccc(Cl)cc2)N[C@@H](C(=O)OC)C12CC2.CCOC(=O)[C@H]1[C@@H](c2ccc(Cl)cc2)N[C@@H](C(=O)OC)C12CC2.